The van der Waals surface area contributed by atoms with Gasteiger partial charge in [0.15, 0.2) is 11.0 Å². The lowest BCUT2D eigenvalue weighted by Gasteiger charge is -2.17. The van der Waals surface area contributed by atoms with E-state index in [0.29, 0.717) is 18.7 Å². The van der Waals surface area contributed by atoms with Crippen LogP contribution in [-0.4, -0.2) is 47.8 Å². The number of rotatable bonds is 6. The molecule has 0 amide bonds. The summed E-state index contributed by atoms with van der Waals surface area (Å²) in [6, 6.07) is 16.5. The van der Waals surface area contributed by atoms with Crippen molar-refractivity contribution in [3.8, 4) is 0 Å². The van der Waals surface area contributed by atoms with E-state index >= 15 is 0 Å². The maximum atomic E-state index is 12.4. The zero-order chi connectivity index (χ0) is 18.4. The van der Waals surface area contributed by atoms with Crippen LogP contribution in [0.15, 0.2) is 59.6 Å². The van der Waals surface area contributed by atoms with E-state index < -0.39 is 0 Å². The number of aliphatic imine (C=N–C) groups is 1. The topological polar surface area (TPSA) is 59.0 Å². The molecule has 27 heavy (non-hydrogen) atoms. The average Bonchev–Trinajstić information content (AvgIpc) is 3.13. The van der Waals surface area contributed by atoms with Gasteiger partial charge in [-0.15, -0.1) is 0 Å². The highest BCUT2D eigenvalue weighted by Gasteiger charge is 2.22. The number of nitrogens with zero attached hydrogens (tertiary/aromatic N) is 2. The van der Waals surface area contributed by atoms with Crippen LogP contribution in [0.1, 0.15) is 26.3 Å². The number of carbonyl (C=O) groups excluding carboxylic acids is 2. The SMILES string of the molecule is COC(=O)c1ccc(CN=C2SCCN2CC(=O)c2ccccc2)cc1.[Br-]. The molecule has 0 aliphatic carbocycles. The number of hydrogen-bond donors (Lipinski definition) is 0. The third-order valence-electron chi connectivity index (χ3n) is 4.07. The number of ether oxygens (including phenoxy) is 1. The number of carbonyl (C=O) groups is 2. The smallest absolute Gasteiger partial charge is 0.337 e. The number of thioether (sulfide) groups is 1. The number of ketones is 1. The Morgan fingerprint density at radius 1 is 1.07 bits per heavy atom. The first-order valence-electron chi connectivity index (χ1n) is 8.35. The fourth-order valence-electron chi connectivity index (χ4n) is 2.64. The van der Waals surface area contributed by atoms with E-state index in [4.69, 9.17) is 4.74 Å². The Kier molecular flexibility index (Phi) is 8.06. The van der Waals surface area contributed by atoms with Crippen molar-refractivity contribution in [3.05, 3.63) is 71.3 Å². The van der Waals surface area contributed by atoms with E-state index in [1.165, 1.54) is 7.11 Å². The van der Waals surface area contributed by atoms with E-state index in [1.54, 1.807) is 23.9 Å². The second kappa shape index (κ2) is 10.3. The molecule has 142 valence electrons. The van der Waals surface area contributed by atoms with Gasteiger partial charge in [0.25, 0.3) is 0 Å². The fraction of sp³-hybridized carbons (Fsp3) is 0.250. The van der Waals surface area contributed by atoms with Gasteiger partial charge < -0.3 is 26.6 Å². The minimum absolute atomic E-state index is 0. The lowest BCUT2D eigenvalue weighted by Crippen LogP contribution is -3.00. The van der Waals surface area contributed by atoms with Crippen LogP contribution in [0.4, 0.5) is 0 Å². The summed E-state index contributed by atoms with van der Waals surface area (Å²) >= 11 is 1.67. The van der Waals surface area contributed by atoms with Crippen LogP contribution >= 0.6 is 11.8 Å². The summed E-state index contributed by atoms with van der Waals surface area (Å²) in [4.78, 5) is 30.5. The van der Waals surface area contributed by atoms with Crippen molar-refractivity contribution in [1.82, 2.24) is 4.90 Å². The maximum absolute atomic E-state index is 12.4. The Bertz CT molecular complexity index is 810. The van der Waals surface area contributed by atoms with Crippen LogP contribution in [0.5, 0.6) is 0 Å². The van der Waals surface area contributed by atoms with Gasteiger partial charge in [0.05, 0.1) is 25.8 Å². The number of halogens is 1. The molecule has 2 aromatic carbocycles. The summed E-state index contributed by atoms with van der Waals surface area (Å²) in [6.45, 7) is 1.68. The Balaban J connectivity index is 0.00000261. The molecule has 0 unspecified atom stereocenters. The number of methoxy groups -OCH3 is 1. The summed E-state index contributed by atoms with van der Waals surface area (Å²) in [6.07, 6.45) is 0. The van der Waals surface area contributed by atoms with E-state index in [1.807, 2.05) is 47.4 Å². The molecule has 0 radical (unpaired) electrons. The molecule has 0 spiro atoms. The van der Waals surface area contributed by atoms with Gasteiger partial charge in [-0.05, 0) is 17.7 Å². The minimum atomic E-state index is -0.347. The minimum Gasteiger partial charge on any atom is -1.00 e. The van der Waals surface area contributed by atoms with E-state index in [9.17, 15) is 9.59 Å². The van der Waals surface area contributed by atoms with Crippen molar-refractivity contribution in [2.24, 2.45) is 4.99 Å². The number of benzene rings is 2. The number of Topliss-reactive ketones (excluding diaryl/α,β-unsaturated/α-hetero) is 1. The summed E-state index contributed by atoms with van der Waals surface area (Å²) in [5, 5.41) is 0.895. The Morgan fingerprint density at radius 2 is 1.78 bits per heavy atom. The Hall–Kier alpha value is -2.12. The van der Waals surface area contributed by atoms with Gasteiger partial charge in [-0.3, -0.25) is 9.79 Å². The monoisotopic (exact) mass is 447 g/mol. The van der Waals surface area contributed by atoms with Crippen molar-refractivity contribution < 1.29 is 31.3 Å². The highest BCUT2D eigenvalue weighted by Crippen LogP contribution is 2.19. The highest BCUT2D eigenvalue weighted by atomic mass is 79.9. The quantitative estimate of drug-likeness (QED) is 0.469. The molecule has 7 heteroatoms. The van der Waals surface area contributed by atoms with Gasteiger partial charge in [-0.25, -0.2) is 4.79 Å². The second-order valence-electron chi connectivity index (χ2n) is 5.85. The zero-order valence-electron chi connectivity index (χ0n) is 14.9. The molecule has 1 heterocycles. The van der Waals surface area contributed by atoms with Gasteiger partial charge in [-0.1, -0.05) is 54.2 Å². The molecular weight excluding hydrogens is 428 g/mol. The molecule has 2 aromatic rings. The molecule has 1 aliphatic rings. The first kappa shape index (κ1) is 21.2. The van der Waals surface area contributed by atoms with Gasteiger partial charge in [-0.2, -0.15) is 0 Å². The van der Waals surface area contributed by atoms with Crippen molar-refractivity contribution >= 4 is 28.7 Å². The van der Waals surface area contributed by atoms with E-state index in [-0.39, 0.29) is 28.7 Å². The zero-order valence-corrected chi connectivity index (χ0v) is 17.3. The third kappa shape index (κ3) is 5.68. The van der Waals surface area contributed by atoms with Crippen molar-refractivity contribution in [3.63, 3.8) is 0 Å². The molecule has 1 saturated heterocycles. The summed E-state index contributed by atoms with van der Waals surface area (Å²) in [5.41, 5.74) is 2.25. The maximum Gasteiger partial charge on any atom is 0.337 e. The van der Waals surface area contributed by atoms with Crippen LogP contribution in [0.25, 0.3) is 0 Å². The first-order chi connectivity index (χ1) is 12.7. The summed E-state index contributed by atoms with van der Waals surface area (Å²) in [5.74, 6) is 0.686. The molecule has 3 rings (SSSR count). The van der Waals surface area contributed by atoms with Crippen LogP contribution in [0.3, 0.4) is 0 Å². The standard InChI is InChI=1S/C20H20N2O3S.BrH/c1-25-19(24)17-9-7-15(8-10-17)13-21-20-22(11-12-26-20)14-18(23)16-5-3-2-4-6-16;/h2-10H,11-14H2,1H3;1H/p-1. The molecule has 0 atom stereocenters. The molecule has 5 nitrogen and oxygen atoms in total. The van der Waals surface area contributed by atoms with Gasteiger partial charge in [0.2, 0.25) is 0 Å². The van der Waals surface area contributed by atoms with Crippen molar-refractivity contribution in [2.45, 2.75) is 6.54 Å². The molecule has 0 bridgehead atoms. The highest BCUT2D eigenvalue weighted by molar-refractivity contribution is 8.14. The number of amidine groups is 1. The van der Waals surface area contributed by atoms with Crippen molar-refractivity contribution in [1.29, 1.82) is 0 Å². The van der Waals surface area contributed by atoms with Crippen LogP contribution < -0.4 is 17.0 Å². The predicted octanol–water partition coefficient (Wildman–Crippen LogP) is 0.265. The lowest BCUT2D eigenvalue weighted by atomic mass is 10.1. The lowest BCUT2D eigenvalue weighted by molar-refractivity contribution is -0.0000273. The Morgan fingerprint density at radius 3 is 2.44 bits per heavy atom. The molecule has 1 aliphatic heterocycles. The van der Waals surface area contributed by atoms with Gasteiger partial charge in [0, 0.05) is 17.9 Å². The normalized spacial score (nSPS) is 14.7. The number of hydrogen-bond acceptors (Lipinski definition) is 5. The van der Waals surface area contributed by atoms with Gasteiger partial charge in [0.1, 0.15) is 0 Å². The van der Waals surface area contributed by atoms with Crippen LogP contribution in [0.2, 0.25) is 0 Å². The predicted molar refractivity (Wildman–Crippen MR) is 104 cm³/mol. The summed E-state index contributed by atoms with van der Waals surface area (Å²) < 4.78 is 4.70. The second-order valence-corrected chi connectivity index (χ2v) is 6.91. The molecule has 0 aromatic heterocycles. The summed E-state index contributed by atoms with van der Waals surface area (Å²) in [7, 11) is 1.37. The molecule has 0 saturated carbocycles. The molecule has 0 N–H and O–H groups in total. The van der Waals surface area contributed by atoms with Gasteiger partial charge >= 0.3 is 5.97 Å². The third-order valence-corrected chi connectivity index (χ3v) is 5.10. The molecule has 1 fully saturated rings. The molecular formula is C20H20BrN2O3S-. The largest absolute Gasteiger partial charge is 1.00 e. The van der Waals surface area contributed by atoms with Crippen LogP contribution in [-0.2, 0) is 11.3 Å². The average molecular weight is 448 g/mol. The Labute approximate surface area is 173 Å². The fourth-order valence-corrected chi connectivity index (χ4v) is 3.63. The van der Waals surface area contributed by atoms with E-state index in [0.717, 1.165) is 28.6 Å². The van der Waals surface area contributed by atoms with E-state index in [2.05, 4.69) is 4.99 Å². The number of esters is 1. The first-order valence-corrected chi connectivity index (χ1v) is 9.33. The van der Waals surface area contributed by atoms with Crippen LogP contribution in [0, 0.1) is 0 Å². The van der Waals surface area contributed by atoms with Crippen molar-refractivity contribution in [2.75, 3.05) is 26.0 Å².